The first-order valence-corrected chi connectivity index (χ1v) is 8.89. The van der Waals surface area contributed by atoms with E-state index in [1.54, 1.807) is 0 Å². The highest BCUT2D eigenvalue weighted by molar-refractivity contribution is 6.12. The SMILES string of the molecule is C[C@H]1CN(c2ccc(C(F)(F)F)cc2)C(=O)c2c(NC(=O)c3cnccn3)cnn21. The molecule has 2 aromatic heterocycles. The second-order valence-electron chi connectivity index (χ2n) is 6.71. The van der Waals surface area contributed by atoms with E-state index in [1.807, 2.05) is 6.92 Å². The molecule has 1 aromatic carbocycles. The van der Waals surface area contributed by atoms with Crippen LogP contribution in [0.15, 0.2) is 49.1 Å². The van der Waals surface area contributed by atoms with Crippen molar-refractivity contribution in [2.45, 2.75) is 19.1 Å². The molecule has 0 radical (unpaired) electrons. The third-order valence-electron chi connectivity index (χ3n) is 4.66. The van der Waals surface area contributed by atoms with Gasteiger partial charge < -0.3 is 10.2 Å². The summed E-state index contributed by atoms with van der Waals surface area (Å²) >= 11 is 0. The number of rotatable bonds is 3. The van der Waals surface area contributed by atoms with Crippen molar-refractivity contribution in [2.24, 2.45) is 0 Å². The quantitative estimate of drug-likeness (QED) is 0.708. The van der Waals surface area contributed by atoms with Gasteiger partial charge in [-0.1, -0.05) is 0 Å². The lowest BCUT2D eigenvalue weighted by Crippen LogP contribution is -2.43. The summed E-state index contributed by atoms with van der Waals surface area (Å²) in [6, 6.07) is 4.09. The van der Waals surface area contributed by atoms with E-state index in [1.165, 1.54) is 46.5 Å². The molecule has 0 spiro atoms. The highest BCUT2D eigenvalue weighted by Crippen LogP contribution is 2.33. The Morgan fingerprint density at radius 3 is 2.53 bits per heavy atom. The lowest BCUT2D eigenvalue weighted by Gasteiger charge is -2.32. The zero-order valence-corrected chi connectivity index (χ0v) is 15.6. The van der Waals surface area contributed by atoms with Gasteiger partial charge in [0.1, 0.15) is 5.69 Å². The Bertz CT molecular complexity index is 1100. The van der Waals surface area contributed by atoms with Gasteiger partial charge >= 0.3 is 6.18 Å². The normalized spacial score (nSPS) is 16.3. The molecule has 0 aliphatic carbocycles. The third-order valence-corrected chi connectivity index (χ3v) is 4.66. The predicted octanol–water partition coefficient (Wildman–Crippen LogP) is 3.17. The summed E-state index contributed by atoms with van der Waals surface area (Å²) in [5.74, 6) is -1.05. The van der Waals surface area contributed by atoms with Gasteiger partial charge in [-0.2, -0.15) is 18.3 Å². The van der Waals surface area contributed by atoms with Crippen molar-refractivity contribution in [1.82, 2.24) is 19.7 Å². The second-order valence-corrected chi connectivity index (χ2v) is 6.71. The van der Waals surface area contributed by atoms with E-state index in [0.29, 0.717) is 5.69 Å². The van der Waals surface area contributed by atoms with Crippen molar-refractivity contribution in [1.29, 1.82) is 0 Å². The highest BCUT2D eigenvalue weighted by atomic mass is 19.4. The number of carbonyl (C=O) groups is 2. The van der Waals surface area contributed by atoms with Gasteiger partial charge in [0.15, 0.2) is 5.69 Å². The summed E-state index contributed by atoms with van der Waals surface area (Å²) in [7, 11) is 0. The molecule has 30 heavy (non-hydrogen) atoms. The molecular formula is C19H15F3N6O2. The number of carbonyl (C=O) groups excluding carboxylic acids is 2. The average molecular weight is 416 g/mol. The fourth-order valence-electron chi connectivity index (χ4n) is 3.21. The van der Waals surface area contributed by atoms with Crippen LogP contribution in [0, 0.1) is 0 Å². The number of halogens is 3. The molecule has 11 heteroatoms. The van der Waals surface area contributed by atoms with E-state index in [0.717, 1.165) is 12.1 Å². The maximum absolute atomic E-state index is 13.1. The first kappa shape index (κ1) is 19.6. The molecule has 1 aliphatic heterocycles. The summed E-state index contributed by atoms with van der Waals surface area (Å²) in [6.07, 6.45) is 0.959. The minimum Gasteiger partial charge on any atom is -0.317 e. The minimum absolute atomic E-state index is 0.0633. The van der Waals surface area contributed by atoms with Crippen LogP contribution in [-0.4, -0.2) is 38.1 Å². The van der Waals surface area contributed by atoms with Crippen molar-refractivity contribution in [3.8, 4) is 0 Å². The molecule has 3 aromatic rings. The Morgan fingerprint density at radius 1 is 1.17 bits per heavy atom. The van der Waals surface area contributed by atoms with Crippen LogP contribution < -0.4 is 10.2 Å². The molecule has 1 atom stereocenters. The largest absolute Gasteiger partial charge is 0.416 e. The molecular weight excluding hydrogens is 401 g/mol. The van der Waals surface area contributed by atoms with Crippen LogP contribution in [0.2, 0.25) is 0 Å². The van der Waals surface area contributed by atoms with E-state index in [-0.39, 0.29) is 29.7 Å². The first-order valence-electron chi connectivity index (χ1n) is 8.89. The van der Waals surface area contributed by atoms with E-state index >= 15 is 0 Å². The molecule has 0 saturated heterocycles. The summed E-state index contributed by atoms with van der Waals surface area (Å²) in [5.41, 5.74) is -0.109. The van der Waals surface area contributed by atoms with Crippen molar-refractivity contribution >= 4 is 23.2 Å². The van der Waals surface area contributed by atoms with Crippen LogP contribution >= 0.6 is 0 Å². The fourth-order valence-corrected chi connectivity index (χ4v) is 3.21. The molecule has 4 rings (SSSR count). The van der Waals surface area contributed by atoms with Gasteiger partial charge in [0.25, 0.3) is 11.8 Å². The number of nitrogens with zero attached hydrogens (tertiary/aromatic N) is 5. The van der Waals surface area contributed by atoms with E-state index in [2.05, 4.69) is 20.4 Å². The van der Waals surface area contributed by atoms with Gasteiger partial charge in [0.05, 0.1) is 29.7 Å². The standard InChI is InChI=1S/C19H15F3N6O2/c1-11-10-27(13-4-2-12(3-5-13)19(20,21)22)18(30)16-14(9-25-28(11)16)26-17(29)15-8-23-6-7-24-15/h2-9,11H,10H2,1H3,(H,26,29)/t11-/m0/s1. The van der Waals surface area contributed by atoms with Crippen molar-refractivity contribution in [3.05, 3.63) is 66.0 Å². The monoisotopic (exact) mass is 416 g/mol. The van der Waals surface area contributed by atoms with Crippen LogP contribution in [0.5, 0.6) is 0 Å². The maximum Gasteiger partial charge on any atom is 0.416 e. The van der Waals surface area contributed by atoms with Crippen LogP contribution in [0.25, 0.3) is 0 Å². The van der Waals surface area contributed by atoms with Crippen molar-refractivity contribution in [3.63, 3.8) is 0 Å². The van der Waals surface area contributed by atoms with Crippen molar-refractivity contribution < 1.29 is 22.8 Å². The Labute approximate surface area is 168 Å². The summed E-state index contributed by atoms with van der Waals surface area (Å²) in [4.78, 5) is 34.6. The highest BCUT2D eigenvalue weighted by Gasteiger charge is 2.35. The van der Waals surface area contributed by atoms with E-state index in [9.17, 15) is 22.8 Å². The second kappa shape index (κ2) is 7.25. The number of alkyl halides is 3. The Kier molecular flexibility index (Phi) is 4.72. The number of nitrogens with one attached hydrogen (secondary N) is 1. The van der Waals surface area contributed by atoms with Gasteiger partial charge in [-0.3, -0.25) is 19.3 Å². The van der Waals surface area contributed by atoms with Crippen LogP contribution in [0.3, 0.4) is 0 Å². The summed E-state index contributed by atoms with van der Waals surface area (Å²) in [5, 5.41) is 6.78. The molecule has 1 N–H and O–H groups in total. The molecule has 1 aliphatic rings. The average Bonchev–Trinajstić information content (AvgIpc) is 3.15. The van der Waals surface area contributed by atoms with Crippen LogP contribution in [0.4, 0.5) is 24.5 Å². The number of anilines is 2. The first-order chi connectivity index (χ1) is 14.3. The Hall–Kier alpha value is -3.76. The molecule has 0 unspecified atom stereocenters. The number of benzene rings is 1. The fraction of sp³-hybridized carbons (Fsp3) is 0.211. The van der Waals surface area contributed by atoms with E-state index in [4.69, 9.17) is 0 Å². The number of hydrogen-bond acceptors (Lipinski definition) is 5. The van der Waals surface area contributed by atoms with Crippen LogP contribution in [0.1, 0.15) is 39.5 Å². The zero-order chi connectivity index (χ0) is 21.5. The lowest BCUT2D eigenvalue weighted by molar-refractivity contribution is -0.137. The lowest BCUT2D eigenvalue weighted by atomic mass is 10.1. The minimum atomic E-state index is -4.46. The summed E-state index contributed by atoms with van der Waals surface area (Å²) in [6.45, 7) is 2.03. The molecule has 0 bridgehead atoms. The predicted molar refractivity (Wildman–Crippen MR) is 100 cm³/mol. The number of hydrogen-bond donors (Lipinski definition) is 1. The van der Waals surface area contributed by atoms with Gasteiger partial charge in [0, 0.05) is 24.6 Å². The Morgan fingerprint density at radius 2 is 1.90 bits per heavy atom. The topological polar surface area (TPSA) is 93.0 Å². The summed E-state index contributed by atoms with van der Waals surface area (Å²) < 4.78 is 40.0. The van der Waals surface area contributed by atoms with Crippen LogP contribution in [-0.2, 0) is 6.18 Å². The number of amides is 2. The number of aromatic nitrogens is 4. The van der Waals surface area contributed by atoms with Gasteiger partial charge in [-0.15, -0.1) is 0 Å². The molecule has 8 nitrogen and oxygen atoms in total. The van der Waals surface area contributed by atoms with Gasteiger partial charge in [-0.25, -0.2) is 4.98 Å². The van der Waals surface area contributed by atoms with Gasteiger partial charge in [-0.05, 0) is 31.2 Å². The molecule has 154 valence electrons. The van der Waals surface area contributed by atoms with Crippen molar-refractivity contribution in [2.75, 3.05) is 16.8 Å². The maximum atomic E-state index is 13.1. The van der Waals surface area contributed by atoms with Gasteiger partial charge in [0.2, 0.25) is 0 Å². The molecule has 2 amide bonds. The molecule has 3 heterocycles. The molecule has 0 fully saturated rings. The van der Waals surface area contributed by atoms with E-state index < -0.39 is 23.6 Å². The third kappa shape index (κ3) is 3.49. The zero-order valence-electron chi connectivity index (χ0n) is 15.6. The Balaban J connectivity index is 1.63. The number of fused-ring (bicyclic) bond motifs is 1. The smallest absolute Gasteiger partial charge is 0.317 e. The molecule has 0 saturated carbocycles.